The minimum Gasteiger partial charge on any atom is -0.478 e. The number of amides is 6. The number of aromatic carboxylic acids is 1. The Morgan fingerprint density at radius 2 is 1.52 bits per heavy atom. The SMILES string of the molecule is CCC(=O)N[C@@H](CSCC(COC(=O)CC)OC(=O)CC)C(=O)CNCCNC(=O)C(CSC1CC(=O)N(NC(=O)c2ccc(-c3c4ccc(=N)c(S(=O)(=O)O)c-4oc4c(S(=O)(=O)O)c(N)ccc34)c(C(=O)O)c2)C1=O)NC(C)=O. The molecule has 28 nitrogen and oxygen atoms in total. The monoisotopic (exact) mass is 1190 g/mol. The maximum atomic E-state index is 13.7. The summed E-state index contributed by atoms with van der Waals surface area (Å²) in [6.07, 6.45) is -1.00. The fourth-order valence-corrected chi connectivity index (χ4v) is 11.5. The molecule has 2 aliphatic heterocycles. The van der Waals surface area contributed by atoms with Crippen LogP contribution < -0.4 is 37.8 Å². The number of rotatable bonds is 28. The van der Waals surface area contributed by atoms with Gasteiger partial charge in [-0.1, -0.05) is 26.8 Å². The van der Waals surface area contributed by atoms with Crippen LogP contribution in [0.2, 0.25) is 0 Å². The van der Waals surface area contributed by atoms with Gasteiger partial charge in [0.2, 0.25) is 23.6 Å². The number of carbonyl (C=O) groups excluding carboxylic acids is 9. The Balaban J connectivity index is 1.24. The first-order chi connectivity index (χ1) is 37.6. The Labute approximate surface area is 464 Å². The van der Waals surface area contributed by atoms with Crippen molar-refractivity contribution in [1.82, 2.24) is 31.7 Å². The zero-order valence-electron chi connectivity index (χ0n) is 43.1. The quantitative estimate of drug-likeness (QED) is 0.00932. The highest BCUT2D eigenvalue weighted by atomic mass is 32.2. The fourth-order valence-electron chi connectivity index (χ4n) is 7.77. The van der Waals surface area contributed by atoms with Crippen molar-refractivity contribution in [3.05, 3.63) is 58.9 Å². The number of carboxylic acid groups (broad SMARTS) is 1. The van der Waals surface area contributed by atoms with Crippen molar-refractivity contribution < 1.29 is 92.9 Å². The lowest BCUT2D eigenvalue weighted by Gasteiger charge is -2.21. The van der Waals surface area contributed by atoms with Crippen molar-refractivity contribution in [3.8, 4) is 22.5 Å². The van der Waals surface area contributed by atoms with Crippen LogP contribution in [0.4, 0.5) is 5.69 Å². The van der Waals surface area contributed by atoms with Gasteiger partial charge in [-0.25, -0.2) is 4.79 Å². The second kappa shape index (κ2) is 27.6. The number of thioether (sulfide) groups is 2. The first kappa shape index (κ1) is 63.3. The molecule has 3 unspecified atom stereocenters. The molecular formula is C48H56N8O20S4. The summed E-state index contributed by atoms with van der Waals surface area (Å²) in [7, 11) is -10.6. The number of Topliss-reactive ketones (excluding diaryl/α,β-unsaturated/α-hetero) is 1. The molecule has 2 aromatic carbocycles. The zero-order valence-corrected chi connectivity index (χ0v) is 46.3. The van der Waals surface area contributed by atoms with Crippen molar-refractivity contribution in [2.75, 3.05) is 49.2 Å². The number of nitrogens with one attached hydrogen (secondary N) is 6. The number of hydrazine groups is 1. The lowest BCUT2D eigenvalue weighted by atomic mass is 9.89. The number of benzene rings is 3. The molecule has 4 atom stereocenters. The Morgan fingerprint density at radius 3 is 2.15 bits per heavy atom. The van der Waals surface area contributed by atoms with Crippen molar-refractivity contribution in [3.63, 3.8) is 0 Å². The Hall–Kier alpha value is -7.49. The van der Waals surface area contributed by atoms with Crippen molar-refractivity contribution >= 4 is 120 Å². The number of ether oxygens (including phenoxy) is 2. The topological polar surface area (TPSA) is 445 Å². The second-order valence-electron chi connectivity index (χ2n) is 17.4. The Kier molecular flexibility index (Phi) is 21.8. The average Bonchev–Trinajstić information content (AvgIpc) is 3.82. The van der Waals surface area contributed by atoms with Gasteiger partial charge in [-0.05, 0) is 42.0 Å². The molecule has 11 N–H and O–H groups in total. The van der Waals surface area contributed by atoms with E-state index in [0.29, 0.717) is 5.01 Å². The van der Waals surface area contributed by atoms with E-state index >= 15 is 0 Å². The van der Waals surface area contributed by atoms with E-state index in [4.69, 9.17) is 25.0 Å². The van der Waals surface area contributed by atoms with Crippen LogP contribution >= 0.6 is 23.5 Å². The summed E-state index contributed by atoms with van der Waals surface area (Å²) >= 11 is 1.98. The minimum absolute atomic E-state index is 0.0346. The molecule has 3 aliphatic rings. The number of fused-ring (bicyclic) bond motifs is 2. The summed E-state index contributed by atoms with van der Waals surface area (Å²) in [6.45, 7) is 5.47. The maximum Gasteiger partial charge on any atom is 0.336 e. The highest BCUT2D eigenvalue weighted by molar-refractivity contribution is 8.00. The normalized spacial score (nSPS) is 14.7. The molecule has 1 saturated heterocycles. The van der Waals surface area contributed by atoms with Gasteiger partial charge in [0.25, 0.3) is 32.1 Å². The maximum absolute atomic E-state index is 13.7. The van der Waals surface area contributed by atoms with E-state index < -0.39 is 153 Å². The van der Waals surface area contributed by atoms with E-state index in [1.54, 1.807) is 20.8 Å². The summed E-state index contributed by atoms with van der Waals surface area (Å²) in [6, 6.07) is 4.88. The number of esters is 2. The number of anilines is 1. The smallest absolute Gasteiger partial charge is 0.336 e. The molecular weight excluding hydrogens is 1140 g/mol. The van der Waals surface area contributed by atoms with Gasteiger partial charge in [0.05, 0.1) is 34.4 Å². The third-order valence-electron chi connectivity index (χ3n) is 11.6. The second-order valence-corrected chi connectivity index (χ2v) is 22.4. The highest BCUT2D eigenvalue weighted by Crippen LogP contribution is 2.46. The Bertz CT molecular complexity index is 3390. The third-order valence-corrected chi connectivity index (χ3v) is 15.9. The molecule has 80 heavy (non-hydrogen) atoms. The standard InChI is InChI=1S/C48H56N8O20S4/c1-5-36(59)54-32(21-77-20-25(75-39(62)7-3)19-74-38(61)6-2)34(58)18-51-14-15-52-46(64)33(53-23(4)57)22-78-35-17-37(60)56(47(35)65)55-45(63)24-8-9-26(29(16-24)48(66)67)40-27-10-12-30(49)43(79(68,69)70)41(27)76-42-28(40)11-13-31(50)44(42)80(71,72)73/h8-13,16,25,32-33,35,49,51H,5-7,14-15,17-22,50H2,1-4H3,(H,52,64)(H,53,57)(H,54,59)(H,55,63)(H,66,67)(H,68,69,70)(H,71,72,73)/t25?,32-,33?,35?/m0/s1. The lowest BCUT2D eigenvalue weighted by molar-refractivity contribution is -0.157. The van der Waals surface area contributed by atoms with Crippen molar-refractivity contribution in [2.24, 2.45) is 0 Å². The van der Waals surface area contributed by atoms with Crippen LogP contribution in [-0.4, -0.2) is 162 Å². The number of hydrogen-bond acceptors (Lipinski definition) is 22. The molecule has 2 aromatic rings. The highest BCUT2D eigenvalue weighted by Gasteiger charge is 2.41. The molecule has 1 aliphatic carbocycles. The van der Waals surface area contributed by atoms with E-state index in [1.165, 1.54) is 11.8 Å². The summed E-state index contributed by atoms with van der Waals surface area (Å²) in [5.41, 5.74) is 4.53. The van der Waals surface area contributed by atoms with E-state index in [2.05, 4.69) is 26.7 Å². The molecule has 0 bridgehead atoms. The summed E-state index contributed by atoms with van der Waals surface area (Å²) in [5.74, 6) is -8.78. The van der Waals surface area contributed by atoms with E-state index in [-0.39, 0.29) is 84.8 Å². The molecule has 1 fully saturated rings. The molecule has 6 amide bonds. The summed E-state index contributed by atoms with van der Waals surface area (Å²) in [4.78, 5) is 126. The van der Waals surface area contributed by atoms with E-state index in [0.717, 1.165) is 61.2 Å². The van der Waals surface area contributed by atoms with Crippen LogP contribution in [0.15, 0.2) is 56.7 Å². The van der Waals surface area contributed by atoms with Crippen LogP contribution in [0.1, 0.15) is 74.1 Å². The first-order valence-corrected chi connectivity index (χ1v) is 29.2. The molecule has 5 rings (SSSR count). The molecule has 432 valence electrons. The molecule has 0 saturated carbocycles. The third kappa shape index (κ3) is 16.1. The summed E-state index contributed by atoms with van der Waals surface area (Å²) in [5, 5.41) is 27.3. The van der Waals surface area contributed by atoms with Crippen LogP contribution in [0, 0.1) is 5.41 Å². The minimum atomic E-state index is -5.32. The first-order valence-electron chi connectivity index (χ1n) is 24.1. The number of carbonyl (C=O) groups is 10. The lowest BCUT2D eigenvalue weighted by Crippen LogP contribution is -2.50. The van der Waals surface area contributed by atoms with Crippen LogP contribution in [0.5, 0.6) is 0 Å². The van der Waals surface area contributed by atoms with Gasteiger partial charge in [0, 0.05) is 85.0 Å². The van der Waals surface area contributed by atoms with Gasteiger partial charge in [-0.2, -0.15) is 33.6 Å². The predicted molar refractivity (Wildman–Crippen MR) is 285 cm³/mol. The van der Waals surface area contributed by atoms with E-state index in [9.17, 15) is 79.0 Å². The molecule has 32 heteroatoms. The van der Waals surface area contributed by atoms with Crippen LogP contribution in [-0.2, 0) is 68.1 Å². The number of nitrogens with two attached hydrogens (primary N) is 1. The number of ketones is 1. The van der Waals surface area contributed by atoms with Crippen molar-refractivity contribution in [2.45, 2.75) is 86.6 Å². The van der Waals surface area contributed by atoms with Gasteiger partial charge in [0.1, 0.15) is 18.8 Å². The van der Waals surface area contributed by atoms with Gasteiger partial charge in [-0.15, -0.1) is 11.8 Å². The van der Waals surface area contributed by atoms with Gasteiger partial charge in [0.15, 0.2) is 26.9 Å². The molecule has 0 aromatic heterocycles. The molecule has 0 radical (unpaired) electrons. The van der Waals surface area contributed by atoms with Crippen LogP contribution in [0.3, 0.4) is 0 Å². The predicted octanol–water partition coefficient (Wildman–Crippen LogP) is 0.646. The van der Waals surface area contributed by atoms with Crippen molar-refractivity contribution in [1.29, 1.82) is 5.41 Å². The van der Waals surface area contributed by atoms with Crippen LogP contribution in [0.25, 0.3) is 33.4 Å². The zero-order chi connectivity index (χ0) is 59.4. The van der Waals surface area contributed by atoms with Gasteiger partial charge >= 0.3 is 17.9 Å². The number of carboxylic acids is 1. The molecule has 2 heterocycles. The molecule has 0 spiro atoms. The van der Waals surface area contributed by atoms with E-state index in [1.807, 2.05) is 0 Å². The van der Waals surface area contributed by atoms with Gasteiger partial charge < -0.3 is 46.0 Å². The number of nitrogen functional groups attached to an aromatic ring is 1. The number of nitrogens with zero attached hydrogens (tertiary/aromatic N) is 1. The fraction of sp³-hybridized carbons (Fsp3) is 0.396. The Morgan fingerprint density at radius 1 is 0.850 bits per heavy atom. The number of imide groups is 1. The average molecular weight is 1190 g/mol. The number of hydrogen-bond donors (Lipinski definition) is 10. The largest absolute Gasteiger partial charge is 0.478 e. The van der Waals surface area contributed by atoms with Gasteiger partial charge in [-0.3, -0.25) is 63.1 Å². The summed E-state index contributed by atoms with van der Waals surface area (Å²) < 4.78 is 86.6.